The lowest BCUT2D eigenvalue weighted by molar-refractivity contribution is -0.148. The van der Waals surface area contributed by atoms with Crippen molar-refractivity contribution in [3.63, 3.8) is 0 Å². The fourth-order valence-electron chi connectivity index (χ4n) is 3.07. The van der Waals surface area contributed by atoms with Crippen molar-refractivity contribution in [1.82, 2.24) is 10.2 Å². The molecule has 1 saturated heterocycles. The van der Waals surface area contributed by atoms with Gasteiger partial charge in [0.1, 0.15) is 5.54 Å². The van der Waals surface area contributed by atoms with Crippen molar-refractivity contribution in [1.29, 1.82) is 0 Å². The summed E-state index contributed by atoms with van der Waals surface area (Å²) in [6.07, 6.45) is 4.48. The van der Waals surface area contributed by atoms with Crippen molar-refractivity contribution in [3.8, 4) is 0 Å². The maximum Gasteiger partial charge on any atom is 0.325 e. The van der Waals surface area contributed by atoms with Crippen LogP contribution < -0.4 is 5.32 Å². The topological polar surface area (TPSA) is 50.8 Å². The normalized spacial score (nSPS) is 20.2. The van der Waals surface area contributed by atoms with E-state index in [0.29, 0.717) is 6.10 Å². The van der Waals surface area contributed by atoms with Gasteiger partial charge in [0.25, 0.3) is 0 Å². The van der Waals surface area contributed by atoms with Crippen LogP contribution in [0.5, 0.6) is 0 Å². The van der Waals surface area contributed by atoms with E-state index in [4.69, 9.17) is 9.47 Å². The first-order valence-corrected chi connectivity index (χ1v) is 8.23. The van der Waals surface area contributed by atoms with Gasteiger partial charge in [-0.05, 0) is 52.6 Å². The van der Waals surface area contributed by atoms with Gasteiger partial charge in [-0.1, -0.05) is 6.92 Å². The van der Waals surface area contributed by atoms with Crippen molar-refractivity contribution in [2.24, 2.45) is 0 Å². The van der Waals surface area contributed by atoms with Crippen LogP contribution in [-0.2, 0) is 14.3 Å². The molecule has 5 heteroatoms. The molecule has 124 valence electrons. The van der Waals surface area contributed by atoms with E-state index >= 15 is 0 Å². The van der Waals surface area contributed by atoms with Crippen molar-refractivity contribution in [2.75, 3.05) is 39.9 Å². The minimum absolute atomic E-state index is 0.167. The summed E-state index contributed by atoms with van der Waals surface area (Å²) in [4.78, 5) is 14.4. The number of carbonyl (C=O) groups is 1. The number of likely N-dealkylation sites (N-methyl/N-ethyl adjacent to an activating group) is 1. The van der Waals surface area contributed by atoms with Crippen LogP contribution in [0.25, 0.3) is 0 Å². The molecule has 0 aromatic rings. The molecule has 0 aliphatic carbocycles. The van der Waals surface area contributed by atoms with Gasteiger partial charge < -0.3 is 19.7 Å². The Labute approximate surface area is 129 Å². The van der Waals surface area contributed by atoms with Crippen LogP contribution in [0.15, 0.2) is 0 Å². The van der Waals surface area contributed by atoms with E-state index in [1.54, 1.807) is 0 Å². The number of hydrogen-bond donors (Lipinski definition) is 1. The van der Waals surface area contributed by atoms with Gasteiger partial charge in [0.2, 0.25) is 0 Å². The number of rotatable bonds is 9. The number of ether oxygens (including phenoxy) is 2. The molecular formula is C16H32N2O3. The first-order chi connectivity index (χ1) is 10.1. The lowest BCUT2D eigenvalue weighted by Gasteiger charge is -2.33. The zero-order valence-electron chi connectivity index (χ0n) is 14.1. The smallest absolute Gasteiger partial charge is 0.325 e. The van der Waals surface area contributed by atoms with E-state index in [0.717, 1.165) is 58.5 Å². The van der Waals surface area contributed by atoms with Gasteiger partial charge in [0.15, 0.2) is 0 Å². The molecule has 0 aromatic carbocycles. The molecule has 0 amide bonds. The maximum atomic E-state index is 11.9. The molecule has 5 nitrogen and oxygen atoms in total. The fourth-order valence-corrected chi connectivity index (χ4v) is 3.07. The molecule has 1 aliphatic heterocycles. The molecule has 0 saturated carbocycles. The maximum absolute atomic E-state index is 11.9. The van der Waals surface area contributed by atoms with E-state index in [-0.39, 0.29) is 5.97 Å². The van der Waals surface area contributed by atoms with Crippen LogP contribution in [0.3, 0.4) is 0 Å². The third-order valence-corrected chi connectivity index (χ3v) is 4.29. The van der Waals surface area contributed by atoms with Crippen LogP contribution in [0.2, 0.25) is 0 Å². The molecular weight excluding hydrogens is 268 g/mol. The minimum atomic E-state index is -0.562. The Balaban J connectivity index is 2.30. The molecule has 1 aliphatic rings. The molecule has 0 spiro atoms. The Bertz CT molecular complexity index is 304. The Morgan fingerprint density at radius 3 is 2.52 bits per heavy atom. The highest BCUT2D eigenvalue weighted by atomic mass is 16.5. The number of esters is 1. The van der Waals surface area contributed by atoms with Gasteiger partial charge in [-0.25, -0.2) is 0 Å². The fraction of sp³-hybridized carbons (Fsp3) is 0.938. The molecule has 1 fully saturated rings. The monoisotopic (exact) mass is 300 g/mol. The second-order valence-electron chi connectivity index (χ2n) is 5.95. The summed E-state index contributed by atoms with van der Waals surface area (Å²) in [5.41, 5.74) is -0.562. The number of hydrogen-bond acceptors (Lipinski definition) is 5. The average molecular weight is 300 g/mol. The van der Waals surface area contributed by atoms with E-state index in [9.17, 15) is 4.79 Å². The number of piperidine rings is 1. The molecule has 1 atom stereocenters. The average Bonchev–Trinajstić information content (AvgIpc) is 2.48. The second-order valence-corrected chi connectivity index (χ2v) is 5.95. The Hall–Kier alpha value is -0.650. The van der Waals surface area contributed by atoms with Crippen LogP contribution in [0.1, 0.15) is 46.5 Å². The molecule has 1 rings (SSSR count). The lowest BCUT2D eigenvalue weighted by atomic mass is 9.95. The highest BCUT2D eigenvalue weighted by Gasteiger charge is 2.33. The highest BCUT2D eigenvalue weighted by Crippen LogP contribution is 2.18. The number of nitrogens with one attached hydrogen (secondary N) is 1. The highest BCUT2D eigenvalue weighted by molar-refractivity contribution is 5.80. The predicted molar refractivity (Wildman–Crippen MR) is 84.4 cm³/mol. The number of likely N-dealkylation sites (tertiary alicyclic amines) is 1. The van der Waals surface area contributed by atoms with Crippen molar-refractivity contribution < 1.29 is 14.3 Å². The number of methoxy groups -OCH3 is 1. The lowest BCUT2D eigenvalue weighted by Crippen LogP contribution is -2.50. The third kappa shape index (κ3) is 5.93. The SMILES string of the molecule is CCNC(C)(CCCN1CCC(OCC)CC1)C(=O)OC. The zero-order chi connectivity index (χ0) is 15.7. The summed E-state index contributed by atoms with van der Waals surface area (Å²) >= 11 is 0. The van der Waals surface area contributed by atoms with E-state index < -0.39 is 5.54 Å². The Kier molecular flexibility index (Phi) is 8.22. The third-order valence-electron chi connectivity index (χ3n) is 4.29. The number of carbonyl (C=O) groups excluding carboxylic acids is 1. The minimum Gasteiger partial charge on any atom is -0.468 e. The summed E-state index contributed by atoms with van der Waals surface area (Å²) in [6, 6.07) is 0. The molecule has 1 heterocycles. The quantitative estimate of drug-likeness (QED) is 0.658. The summed E-state index contributed by atoms with van der Waals surface area (Å²) < 4.78 is 10.6. The van der Waals surface area contributed by atoms with Gasteiger partial charge in [-0.15, -0.1) is 0 Å². The first kappa shape index (κ1) is 18.4. The van der Waals surface area contributed by atoms with Gasteiger partial charge >= 0.3 is 5.97 Å². The molecule has 1 N–H and O–H groups in total. The molecule has 1 unspecified atom stereocenters. The molecule has 0 bridgehead atoms. The zero-order valence-corrected chi connectivity index (χ0v) is 14.1. The summed E-state index contributed by atoms with van der Waals surface area (Å²) in [5.74, 6) is -0.167. The van der Waals surface area contributed by atoms with Crippen molar-refractivity contribution in [2.45, 2.75) is 58.1 Å². The first-order valence-electron chi connectivity index (χ1n) is 8.23. The predicted octanol–water partition coefficient (Wildman–Crippen LogP) is 1.81. The Morgan fingerprint density at radius 2 is 2.00 bits per heavy atom. The van der Waals surface area contributed by atoms with Gasteiger partial charge in [-0.3, -0.25) is 4.79 Å². The van der Waals surface area contributed by atoms with Crippen LogP contribution in [0.4, 0.5) is 0 Å². The Morgan fingerprint density at radius 1 is 1.33 bits per heavy atom. The van der Waals surface area contributed by atoms with E-state index in [1.807, 2.05) is 13.8 Å². The van der Waals surface area contributed by atoms with Crippen molar-refractivity contribution >= 4 is 5.97 Å². The van der Waals surface area contributed by atoms with Crippen molar-refractivity contribution in [3.05, 3.63) is 0 Å². The standard InChI is InChI=1S/C16H32N2O3/c1-5-17-16(3,15(19)20-4)10-7-11-18-12-8-14(9-13-18)21-6-2/h14,17H,5-13H2,1-4H3. The molecule has 0 aromatic heterocycles. The number of nitrogens with zero attached hydrogens (tertiary/aromatic N) is 1. The van der Waals surface area contributed by atoms with Gasteiger partial charge in [0, 0.05) is 19.7 Å². The van der Waals surface area contributed by atoms with E-state index in [1.165, 1.54) is 7.11 Å². The molecule has 0 radical (unpaired) electrons. The largest absolute Gasteiger partial charge is 0.468 e. The second kappa shape index (κ2) is 9.38. The van der Waals surface area contributed by atoms with Gasteiger partial charge in [-0.2, -0.15) is 0 Å². The summed E-state index contributed by atoms with van der Waals surface area (Å²) in [6.45, 7) is 10.8. The van der Waals surface area contributed by atoms with Crippen LogP contribution >= 0.6 is 0 Å². The van der Waals surface area contributed by atoms with Crippen LogP contribution in [0, 0.1) is 0 Å². The van der Waals surface area contributed by atoms with Gasteiger partial charge in [0.05, 0.1) is 13.2 Å². The molecule has 21 heavy (non-hydrogen) atoms. The summed E-state index contributed by atoms with van der Waals surface area (Å²) in [7, 11) is 1.45. The van der Waals surface area contributed by atoms with E-state index in [2.05, 4.69) is 17.1 Å². The summed E-state index contributed by atoms with van der Waals surface area (Å²) in [5, 5.41) is 3.26. The van der Waals surface area contributed by atoms with Crippen LogP contribution in [-0.4, -0.2) is 62.4 Å².